The number of rotatable bonds is 11. The van der Waals surface area contributed by atoms with Crippen LogP contribution in [0.15, 0.2) is 48.7 Å². The number of primary amides is 1. The number of ether oxygens (including phenoxy) is 1. The van der Waals surface area contributed by atoms with Crippen LogP contribution in [0.5, 0.6) is 5.75 Å². The quantitative estimate of drug-likeness (QED) is 0.252. The molecule has 0 bridgehead atoms. The van der Waals surface area contributed by atoms with Gasteiger partial charge in [0.05, 0.1) is 18.5 Å². The zero-order valence-corrected chi connectivity index (χ0v) is 23.0. The Hall–Kier alpha value is -3.56. The number of amides is 1. The van der Waals surface area contributed by atoms with E-state index in [-0.39, 0.29) is 11.8 Å². The van der Waals surface area contributed by atoms with Gasteiger partial charge in [0.2, 0.25) is 11.9 Å². The summed E-state index contributed by atoms with van der Waals surface area (Å²) >= 11 is 6.49. The van der Waals surface area contributed by atoms with E-state index in [1.165, 1.54) is 19.3 Å². The Morgan fingerprint density at radius 2 is 1.90 bits per heavy atom. The number of carbonyl (C=O) groups is 1. The Morgan fingerprint density at radius 3 is 2.62 bits per heavy atom. The Kier molecular flexibility index (Phi) is 8.68. The molecule has 5 rings (SSSR count). The molecule has 0 unspecified atom stereocenters. The van der Waals surface area contributed by atoms with Crippen LogP contribution in [0.2, 0.25) is 5.02 Å². The Bertz CT molecular complexity index is 1290. The highest BCUT2D eigenvalue weighted by molar-refractivity contribution is 6.32. The molecule has 2 heterocycles. The molecule has 1 aliphatic heterocycles. The summed E-state index contributed by atoms with van der Waals surface area (Å²) in [7, 11) is 0. The molecule has 3 aromatic rings. The second-order valence-electron chi connectivity index (χ2n) is 10.1. The molecule has 39 heavy (non-hydrogen) atoms. The Morgan fingerprint density at radius 1 is 1.10 bits per heavy atom. The highest BCUT2D eigenvalue weighted by Crippen LogP contribution is 2.34. The van der Waals surface area contributed by atoms with Gasteiger partial charge in [-0.15, -0.1) is 0 Å². The average Bonchev–Trinajstić information content (AvgIpc) is 2.92. The summed E-state index contributed by atoms with van der Waals surface area (Å²) in [6.45, 7) is 4.80. The van der Waals surface area contributed by atoms with E-state index in [0.29, 0.717) is 35.2 Å². The maximum absolute atomic E-state index is 11.5. The van der Waals surface area contributed by atoms with E-state index >= 15 is 0 Å². The standard InChI is InChI=1S/C29H36ClN7O2/c1-2-39-26-16-22(37-14-12-19(13-15-37)27(31)38)10-11-25(26)35-29-33-18-23(30)28(36-29)34-24-9-4-3-6-20(24)17-32-21-7-5-8-21/h3-4,6,9-11,16,18-19,21,32H,2,5,7-8,12-15,17H2,1H3,(H2,31,38)(H2,33,34,35,36). The van der Waals surface area contributed by atoms with Crippen LogP contribution in [0, 0.1) is 5.92 Å². The molecule has 1 aliphatic carbocycles. The monoisotopic (exact) mass is 549 g/mol. The van der Waals surface area contributed by atoms with E-state index in [2.05, 4.69) is 36.9 Å². The molecule has 1 saturated heterocycles. The summed E-state index contributed by atoms with van der Waals surface area (Å²) in [5.41, 5.74) is 9.40. The number of para-hydroxylation sites is 1. The number of hydrogen-bond acceptors (Lipinski definition) is 8. The maximum Gasteiger partial charge on any atom is 0.229 e. The smallest absolute Gasteiger partial charge is 0.229 e. The molecule has 10 heteroatoms. The molecule has 0 atom stereocenters. The van der Waals surface area contributed by atoms with E-state index < -0.39 is 0 Å². The van der Waals surface area contributed by atoms with Gasteiger partial charge in [0.15, 0.2) is 5.82 Å². The van der Waals surface area contributed by atoms with E-state index in [1.807, 2.05) is 43.3 Å². The third kappa shape index (κ3) is 6.72. The second-order valence-corrected chi connectivity index (χ2v) is 10.5. The lowest BCUT2D eigenvalue weighted by Gasteiger charge is -2.32. The molecule has 5 N–H and O–H groups in total. The van der Waals surface area contributed by atoms with Gasteiger partial charge in [-0.3, -0.25) is 4.79 Å². The number of nitrogens with zero attached hydrogens (tertiary/aromatic N) is 3. The first-order chi connectivity index (χ1) is 19.0. The lowest BCUT2D eigenvalue weighted by Crippen LogP contribution is -2.38. The van der Waals surface area contributed by atoms with Gasteiger partial charge in [0, 0.05) is 49.0 Å². The fraction of sp³-hybridized carbons (Fsp3) is 0.414. The fourth-order valence-electron chi connectivity index (χ4n) is 4.93. The van der Waals surface area contributed by atoms with Crippen LogP contribution in [0.4, 0.5) is 28.8 Å². The van der Waals surface area contributed by atoms with E-state index in [0.717, 1.165) is 55.1 Å². The first-order valence-corrected chi connectivity index (χ1v) is 14.1. The Labute approximate surface area is 234 Å². The number of hydrogen-bond donors (Lipinski definition) is 4. The van der Waals surface area contributed by atoms with Crippen LogP contribution in [-0.2, 0) is 11.3 Å². The third-order valence-electron chi connectivity index (χ3n) is 7.47. The van der Waals surface area contributed by atoms with Crippen LogP contribution < -0.4 is 31.3 Å². The number of nitrogens with two attached hydrogens (primary N) is 1. The van der Waals surface area contributed by atoms with Crippen molar-refractivity contribution in [3.8, 4) is 5.75 Å². The SMILES string of the molecule is CCOc1cc(N2CCC(C(N)=O)CC2)ccc1Nc1ncc(Cl)c(Nc2ccccc2CNC2CCC2)n1. The number of anilines is 5. The molecule has 2 aromatic carbocycles. The molecule has 1 amide bonds. The van der Waals surface area contributed by atoms with Gasteiger partial charge in [0.25, 0.3) is 0 Å². The minimum absolute atomic E-state index is 0.0515. The second kappa shape index (κ2) is 12.5. The molecule has 0 spiro atoms. The van der Waals surface area contributed by atoms with Crippen molar-refractivity contribution in [3.05, 3.63) is 59.2 Å². The first-order valence-electron chi connectivity index (χ1n) is 13.7. The molecular formula is C29H36ClN7O2. The molecular weight excluding hydrogens is 514 g/mol. The van der Waals surface area contributed by atoms with Gasteiger partial charge < -0.3 is 31.3 Å². The molecule has 206 valence electrons. The minimum atomic E-state index is -0.213. The summed E-state index contributed by atoms with van der Waals surface area (Å²) in [6.07, 6.45) is 6.88. The van der Waals surface area contributed by atoms with Crippen molar-refractivity contribution < 1.29 is 9.53 Å². The highest BCUT2D eigenvalue weighted by Gasteiger charge is 2.24. The summed E-state index contributed by atoms with van der Waals surface area (Å²) in [4.78, 5) is 22.9. The van der Waals surface area contributed by atoms with Crippen molar-refractivity contribution in [3.63, 3.8) is 0 Å². The fourth-order valence-corrected chi connectivity index (χ4v) is 5.07. The predicted molar refractivity (Wildman–Crippen MR) is 156 cm³/mol. The van der Waals surface area contributed by atoms with Gasteiger partial charge in [-0.05, 0) is 56.4 Å². The van der Waals surface area contributed by atoms with Crippen molar-refractivity contribution in [2.45, 2.75) is 51.6 Å². The number of nitrogens with one attached hydrogen (secondary N) is 3. The lowest BCUT2D eigenvalue weighted by atomic mass is 9.93. The molecule has 1 saturated carbocycles. The van der Waals surface area contributed by atoms with Crippen LogP contribution in [0.3, 0.4) is 0 Å². The first kappa shape index (κ1) is 27.0. The zero-order chi connectivity index (χ0) is 27.2. The maximum atomic E-state index is 11.5. The van der Waals surface area contributed by atoms with Crippen molar-refractivity contribution in [1.29, 1.82) is 0 Å². The third-order valence-corrected chi connectivity index (χ3v) is 7.75. The van der Waals surface area contributed by atoms with Gasteiger partial charge in [-0.2, -0.15) is 4.98 Å². The lowest BCUT2D eigenvalue weighted by molar-refractivity contribution is -0.122. The Balaban J connectivity index is 1.30. The largest absolute Gasteiger partial charge is 0.492 e. The molecule has 0 radical (unpaired) electrons. The number of carbonyl (C=O) groups excluding carboxylic acids is 1. The van der Waals surface area contributed by atoms with Gasteiger partial charge in [-0.25, -0.2) is 4.98 Å². The molecule has 1 aromatic heterocycles. The molecule has 9 nitrogen and oxygen atoms in total. The van der Waals surface area contributed by atoms with Crippen LogP contribution in [0.1, 0.15) is 44.6 Å². The van der Waals surface area contributed by atoms with E-state index in [9.17, 15) is 4.79 Å². The van der Waals surface area contributed by atoms with Crippen molar-refractivity contribution >= 4 is 46.3 Å². The van der Waals surface area contributed by atoms with Crippen LogP contribution >= 0.6 is 11.6 Å². The van der Waals surface area contributed by atoms with E-state index in [1.54, 1.807) is 6.20 Å². The zero-order valence-electron chi connectivity index (χ0n) is 22.3. The number of piperidine rings is 1. The molecule has 2 fully saturated rings. The molecule has 2 aliphatic rings. The van der Waals surface area contributed by atoms with Crippen LogP contribution in [0.25, 0.3) is 0 Å². The van der Waals surface area contributed by atoms with Gasteiger partial charge in [-0.1, -0.05) is 36.2 Å². The van der Waals surface area contributed by atoms with Crippen molar-refractivity contribution in [2.75, 3.05) is 35.2 Å². The summed E-state index contributed by atoms with van der Waals surface area (Å²) in [6, 6.07) is 14.8. The van der Waals surface area contributed by atoms with Crippen molar-refractivity contribution in [1.82, 2.24) is 15.3 Å². The van der Waals surface area contributed by atoms with E-state index in [4.69, 9.17) is 22.1 Å². The number of benzene rings is 2. The summed E-state index contributed by atoms with van der Waals surface area (Å²) in [5.74, 6) is 1.37. The summed E-state index contributed by atoms with van der Waals surface area (Å²) < 4.78 is 5.96. The topological polar surface area (TPSA) is 117 Å². The number of aromatic nitrogens is 2. The van der Waals surface area contributed by atoms with Gasteiger partial charge >= 0.3 is 0 Å². The van der Waals surface area contributed by atoms with Crippen molar-refractivity contribution in [2.24, 2.45) is 11.7 Å². The predicted octanol–water partition coefficient (Wildman–Crippen LogP) is 5.36. The normalized spacial score (nSPS) is 16.0. The van der Waals surface area contributed by atoms with Gasteiger partial charge in [0.1, 0.15) is 10.8 Å². The average molecular weight is 550 g/mol. The highest BCUT2D eigenvalue weighted by atomic mass is 35.5. The van der Waals surface area contributed by atoms with Crippen LogP contribution in [-0.4, -0.2) is 41.6 Å². The number of halogens is 1. The summed E-state index contributed by atoms with van der Waals surface area (Å²) in [5, 5.41) is 10.7. The minimum Gasteiger partial charge on any atom is -0.492 e.